The van der Waals surface area contributed by atoms with E-state index in [2.05, 4.69) is 10.6 Å². The van der Waals surface area contributed by atoms with Crippen LogP contribution in [-0.2, 0) is 9.53 Å². The summed E-state index contributed by atoms with van der Waals surface area (Å²) < 4.78 is 18.6. The lowest BCUT2D eigenvalue weighted by Crippen LogP contribution is -2.28. The number of nitrogens with one attached hydrogen (secondary N) is 2. The van der Waals surface area contributed by atoms with Crippen LogP contribution in [0.5, 0.6) is 0 Å². The van der Waals surface area contributed by atoms with Gasteiger partial charge in [0.05, 0.1) is 21.6 Å². The van der Waals surface area contributed by atoms with E-state index in [4.69, 9.17) is 10.5 Å². The molecule has 4 N–H and O–H groups in total. The number of halogens is 2. The van der Waals surface area contributed by atoms with E-state index in [-0.39, 0.29) is 18.1 Å². The van der Waals surface area contributed by atoms with Crippen LogP contribution in [-0.4, -0.2) is 32.7 Å². The maximum Gasteiger partial charge on any atom is 0.221 e. The largest absolute Gasteiger partial charge is 0.397 e. The third-order valence-electron chi connectivity index (χ3n) is 2.39. The molecule has 0 atom stereocenters. The maximum absolute atomic E-state index is 13.4. The fraction of sp³-hybridized carbons (Fsp3) is 0.417. The Kier molecular flexibility index (Phi) is 6.85. The Hall–Kier alpha value is -1.09. The van der Waals surface area contributed by atoms with E-state index in [1.165, 1.54) is 6.07 Å². The molecule has 1 amide bonds. The smallest absolute Gasteiger partial charge is 0.221 e. The molecule has 0 aromatic heterocycles. The molecule has 0 radical (unpaired) electrons. The van der Waals surface area contributed by atoms with Crippen LogP contribution in [0.4, 0.5) is 15.8 Å². The standard InChI is InChI=1S/C12H17FIN3O2/c1-19-5-4-17-12(18)2-3-16-11-6-8(13)9(14)7-10(11)15/h6-7,16H,2-5,15H2,1H3,(H,17,18). The second-order valence-electron chi connectivity index (χ2n) is 3.87. The van der Waals surface area contributed by atoms with Gasteiger partial charge < -0.3 is 21.1 Å². The lowest BCUT2D eigenvalue weighted by Gasteiger charge is -2.10. The van der Waals surface area contributed by atoms with Gasteiger partial charge in [-0.25, -0.2) is 4.39 Å². The molecule has 0 spiro atoms. The number of methoxy groups -OCH3 is 1. The van der Waals surface area contributed by atoms with Crippen LogP contribution in [0.25, 0.3) is 0 Å². The molecule has 0 heterocycles. The van der Waals surface area contributed by atoms with E-state index in [0.29, 0.717) is 34.6 Å². The van der Waals surface area contributed by atoms with Crippen LogP contribution < -0.4 is 16.4 Å². The highest BCUT2D eigenvalue weighted by atomic mass is 127. The number of rotatable bonds is 7. The fourth-order valence-electron chi connectivity index (χ4n) is 1.41. The minimum Gasteiger partial charge on any atom is -0.397 e. The molecule has 0 unspecified atom stereocenters. The first-order chi connectivity index (χ1) is 9.04. The van der Waals surface area contributed by atoms with Crippen molar-refractivity contribution in [1.82, 2.24) is 5.32 Å². The molecule has 0 aliphatic heterocycles. The molecule has 0 aliphatic carbocycles. The third-order valence-corrected chi connectivity index (χ3v) is 3.21. The molecule has 5 nitrogen and oxygen atoms in total. The number of hydrogen-bond acceptors (Lipinski definition) is 4. The zero-order valence-corrected chi connectivity index (χ0v) is 12.8. The van der Waals surface area contributed by atoms with Gasteiger partial charge in [0.2, 0.25) is 5.91 Å². The average Bonchev–Trinajstić information content (AvgIpc) is 2.36. The maximum atomic E-state index is 13.4. The molecular formula is C12H17FIN3O2. The normalized spacial score (nSPS) is 10.3. The first-order valence-corrected chi connectivity index (χ1v) is 6.86. The number of ether oxygens (including phenoxy) is 1. The van der Waals surface area contributed by atoms with Gasteiger partial charge >= 0.3 is 0 Å². The van der Waals surface area contributed by atoms with Gasteiger partial charge in [0.15, 0.2) is 0 Å². The number of nitrogens with two attached hydrogens (primary N) is 1. The van der Waals surface area contributed by atoms with Crippen LogP contribution in [0, 0.1) is 9.39 Å². The van der Waals surface area contributed by atoms with Crippen molar-refractivity contribution in [2.45, 2.75) is 6.42 Å². The summed E-state index contributed by atoms with van der Waals surface area (Å²) >= 11 is 1.87. The van der Waals surface area contributed by atoms with E-state index < -0.39 is 0 Å². The van der Waals surface area contributed by atoms with Crippen molar-refractivity contribution >= 4 is 39.9 Å². The summed E-state index contributed by atoms with van der Waals surface area (Å²) in [6.07, 6.45) is 0.288. The number of nitrogen functional groups attached to an aromatic ring is 1. The predicted molar refractivity (Wildman–Crippen MR) is 81.5 cm³/mol. The Morgan fingerprint density at radius 1 is 1.47 bits per heavy atom. The van der Waals surface area contributed by atoms with Crippen molar-refractivity contribution in [2.24, 2.45) is 0 Å². The molecule has 19 heavy (non-hydrogen) atoms. The summed E-state index contributed by atoms with van der Waals surface area (Å²) in [5.41, 5.74) is 6.72. The van der Waals surface area contributed by atoms with Crippen LogP contribution in [0.2, 0.25) is 0 Å². The van der Waals surface area contributed by atoms with Gasteiger partial charge in [-0.05, 0) is 28.7 Å². The minimum atomic E-state index is -0.332. The minimum absolute atomic E-state index is 0.0888. The fourth-order valence-corrected chi connectivity index (χ4v) is 1.90. The van der Waals surface area contributed by atoms with E-state index in [1.54, 1.807) is 13.2 Å². The summed E-state index contributed by atoms with van der Waals surface area (Å²) in [4.78, 5) is 11.4. The van der Waals surface area contributed by atoms with Crippen molar-refractivity contribution in [2.75, 3.05) is 37.9 Å². The van der Waals surface area contributed by atoms with Gasteiger partial charge in [-0.1, -0.05) is 0 Å². The zero-order chi connectivity index (χ0) is 14.3. The molecule has 0 saturated carbocycles. The van der Waals surface area contributed by atoms with Crippen molar-refractivity contribution in [3.8, 4) is 0 Å². The molecule has 0 aliphatic rings. The molecule has 7 heteroatoms. The first-order valence-electron chi connectivity index (χ1n) is 5.78. The Balaban J connectivity index is 2.37. The highest BCUT2D eigenvalue weighted by Gasteiger charge is 2.06. The summed E-state index contributed by atoms with van der Waals surface area (Å²) in [6.45, 7) is 1.35. The zero-order valence-electron chi connectivity index (χ0n) is 10.6. The van der Waals surface area contributed by atoms with Crippen LogP contribution in [0.15, 0.2) is 12.1 Å². The number of anilines is 2. The molecule has 0 bridgehead atoms. The van der Waals surface area contributed by atoms with E-state index in [1.807, 2.05) is 22.6 Å². The topological polar surface area (TPSA) is 76.4 Å². The number of amides is 1. The first kappa shape index (κ1) is 16.0. The monoisotopic (exact) mass is 381 g/mol. The van der Waals surface area contributed by atoms with Gasteiger partial charge in [-0.3, -0.25) is 4.79 Å². The van der Waals surface area contributed by atoms with Crippen molar-refractivity contribution < 1.29 is 13.9 Å². The third kappa shape index (κ3) is 5.60. The summed E-state index contributed by atoms with van der Waals surface area (Å²) in [5, 5.41) is 5.64. The molecular weight excluding hydrogens is 364 g/mol. The summed E-state index contributed by atoms with van der Waals surface area (Å²) in [7, 11) is 1.57. The van der Waals surface area contributed by atoms with Gasteiger partial charge in [-0.2, -0.15) is 0 Å². The van der Waals surface area contributed by atoms with Crippen LogP contribution >= 0.6 is 22.6 Å². The predicted octanol–water partition coefficient (Wildman–Crippen LogP) is 1.58. The number of benzene rings is 1. The van der Waals surface area contributed by atoms with Gasteiger partial charge in [-0.15, -0.1) is 0 Å². The Morgan fingerprint density at radius 2 is 2.21 bits per heavy atom. The number of carbonyl (C=O) groups excluding carboxylic acids is 1. The number of hydrogen-bond donors (Lipinski definition) is 3. The van der Waals surface area contributed by atoms with Gasteiger partial charge in [0.25, 0.3) is 0 Å². The van der Waals surface area contributed by atoms with Gasteiger partial charge in [0, 0.05) is 32.7 Å². The van der Waals surface area contributed by atoms with E-state index in [0.717, 1.165) is 0 Å². The van der Waals surface area contributed by atoms with Crippen LogP contribution in [0.3, 0.4) is 0 Å². The van der Waals surface area contributed by atoms with Crippen molar-refractivity contribution in [3.05, 3.63) is 21.5 Å². The second kappa shape index (κ2) is 8.16. The lowest BCUT2D eigenvalue weighted by molar-refractivity contribution is -0.121. The summed E-state index contributed by atoms with van der Waals surface area (Å²) in [6, 6.07) is 2.89. The summed E-state index contributed by atoms with van der Waals surface area (Å²) in [5.74, 6) is -0.420. The highest BCUT2D eigenvalue weighted by molar-refractivity contribution is 14.1. The molecule has 1 aromatic carbocycles. The SMILES string of the molecule is COCCNC(=O)CCNc1cc(F)c(I)cc1N. The Bertz CT molecular complexity index is 443. The lowest BCUT2D eigenvalue weighted by atomic mass is 10.2. The Labute approximate surface area is 125 Å². The molecule has 106 valence electrons. The molecule has 0 saturated heterocycles. The van der Waals surface area contributed by atoms with Crippen molar-refractivity contribution in [1.29, 1.82) is 0 Å². The van der Waals surface area contributed by atoms with Gasteiger partial charge in [0.1, 0.15) is 5.82 Å². The van der Waals surface area contributed by atoms with E-state index in [9.17, 15) is 9.18 Å². The Morgan fingerprint density at radius 3 is 2.89 bits per heavy atom. The molecule has 1 rings (SSSR count). The molecule has 1 aromatic rings. The van der Waals surface area contributed by atoms with Crippen molar-refractivity contribution in [3.63, 3.8) is 0 Å². The highest BCUT2D eigenvalue weighted by Crippen LogP contribution is 2.23. The average molecular weight is 381 g/mol. The molecule has 0 fully saturated rings. The van der Waals surface area contributed by atoms with E-state index >= 15 is 0 Å². The van der Waals surface area contributed by atoms with Crippen LogP contribution in [0.1, 0.15) is 6.42 Å². The quantitative estimate of drug-likeness (QED) is 0.381. The number of carbonyl (C=O) groups is 1. The second-order valence-corrected chi connectivity index (χ2v) is 5.04.